The molecule has 9 heteroatoms. The van der Waals surface area contributed by atoms with Crippen molar-refractivity contribution in [2.24, 2.45) is 0 Å². The number of ketones is 1. The molecule has 0 fully saturated rings. The van der Waals surface area contributed by atoms with Crippen LogP contribution in [0.1, 0.15) is 37.4 Å². The molecule has 0 saturated heterocycles. The van der Waals surface area contributed by atoms with Gasteiger partial charge >= 0.3 is 5.97 Å². The lowest BCUT2D eigenvalue weighted by molar-refractivity contribution is -0.0165. The van der Waals surface area contributed by atoms with Crippen LogP contribution in [0.4, 0.5) is 0 Å². The number of carbonyl (C=O) groups excluding carboxylic acids is 2. The number of esters is 1. The molecule has 2 heterocycles. The van der Waals surface area contributed by atoms with Gasteiger partial charge in [-0.25, -0.2) is 4.79 Å². The van der Waals surface area contributed by atoms with E-state index in [0.29, 0.717) is 51.3 Å². The minimum Gasteiger partial charge on any atom is -0.496 e. The van der Waals surface area contributed by atoms with E-state index in [0.717, 1.165) is 5.56 Å². The number of benzene rings is 3. The second kappa shape index (κ2) is 9.56. The van der Waals surface area contributed by atoms with Gasteiger partial charge in [0.1, 0.15) is 34.3 Å². The number of hydrogen-bond acceptors (Lipinski definition) is 8. The first-order chi connectivity index (χ1) is 17.4. The van der Waals surface area contributed by atoms with Gasteiger partial charge < -0.3 is 28.4 Å². The Labute approximate surface area is 211 Å². The largest absolute Gasteiger partial charge is 0.496 e. The molecule has 0 bridgehead atoms. The number of ether oxygens (including phenoxy) is 6. The molecular weight excluding hydrogens is 488 g/mol. The van der Waals surface area contributed by atoms with Crippen LogP contribution in [0.25, 0.3) is 6.08 Å². The van der Waals surface area contributed by atoms with Crippen molar-refractivity contribution in [2.45, 2.75) is 13.5 Å². The van der Waals surface area contributed by atoms with Gasteiger partial charge in [-0.05, 0) is 49.4 Å². The van der Waals surface area contributed by atoms with Crippen LogP contribution in [0.15, 0.2) is 48.2 Å². The molecule has 5 rings (SSSR count). The number of allylic oxidation sites excluding steroid dienone is 1. The first kappa shape index (κ1) is 23.7. The number of methoxy groups -OCH3 is 2. The quantitative estimate of drug-likeness (QED) is 0.258. The smallest absolute Gasteiger partial charge is 0.351 e. The molecule has 0 radical (unpaired) electrons. The summed E-state index contributed by atoms with van der Waals surface area (Å²) in [5.41, 5.74) is 2.37. The van der Waals surface area contributed by atoms with Crippen LogP contribution < -0.4 is 23.7 Å². The average Bonchev–Trinajstić information content (AvgIpc) is 3.20. The van der Waals surface area contributed by atoms with Gasteiger partial charge in [-0.3, -0.25) is 4.79 Å². The lowest BCUT2D eigenvalue weighted by Gasteiger charge is -2.20. The van der Waals surface area contributed by atoms with Gasteiger partial charge in [-0.1, -0.05) is 17.7 Å². The van der Waals surface area contributed by atoms with Crippen LogP contribution in [-0.4, -0.2) is 32.8 Å². The van der Waals surface area contributed by atoms with Gasteiger partial charge in [-0.2, -0.15) is 0 Å². The van der Waals surface area contributed by atoms with Crippen molar-refractivity contribution < 1.29 is 38.0 Å². The molecule has 0 spiro atoms. The zero-order chi connectivity index (χ0) is 25.4. The zero-order valence-corrected chi connectivity index (χ0v) is 20.4. The van der Waals surface area contributed by atoms with Gasteiger partial charge in [-0.15, -0.1) is 0 Å². The summed E-state index contributed by atoms with van der Waals surface area (Å²) < 4.78 is 33.1. The summed E-state index contributed by atoms with van der Waals surface area (Å²) in [6.07, 6.45) is 1.59. The van der Waals surface area contributed by atoms with E-state index >= 15 is 0 Å². The minimum absolute atomic E-state index is 0.0996. The highest BCUT2D eigenvalue weighted by molar-refractivity contribution is 6.31. The van der Waals surface area contributed by atoms with E-state index in [4.69, 9.17) is 40.0 Å². The topological polar surface area (TPSA) is 89.5 Å². The van der Waals surface area contributed by atoms with E-state index < -0.39 is 5.97 Å². The second-order valence-electron chi connectivity index (χ2n) is 8.03. The number of rotatable bonds is 5. The zero-order valence-electron chi connectivity index (χ0n) is 19.7. The SMILES string of the molecule is COc1cccc(OC)c1C(=O)Oc1ccc2c(c1C)O/C(=C\c1cc(Cl)cc3c1OCOC3)C2=O. The van der Waals surface area contributed by atoms with E-state index in [1.807, 2.05) is 0 Å². The predicted molar refractivity (Wildman–Crippen MR) is 130 cm³/mol. The van der Waals surface area contributed by atoms with Crippen molar-refractivity contribution in [2.75, 3.05) is 21.0 Å². The molecule has 8 nitrogen and oxygen atoms in total. The molecule has 0 saturated carbocycles. The summed E-state index contributed by atoms with van der Waals surface area (Å²) in [7, 11) is 2.91. The monoisotopic (exact) mass is 508 g/mol. The Bertz CT molecular complexity index is 1400. The highest BCUT2D eigenvalue weighted by Gasteiger charge is 2.32. The van der Waals surface area contributed by atoms with Crippen molar-refractivity contribution in [3.05, 3.63) is 81.1 Å². The van der Waals surface area contributed by atoms with Gasteiger partial charge in [0.05, 0.1) is 26.4 Å². The Kier molecular flexibility index (Phi) is 6.30. The van der Waals surface area contributed by atoms with Crippen molar-refractivity contribution in [1.82, 2.24) is 0 Å². The van der Waals surface area contributed by atoms with Crippen LogP contribution in [-0.2, 0) is 11.3 Å². The van der Waals surface area contributed by atoms with Gasteiger partial charge in [0.15, 0.2) is 12.6 Å². The van der Waals surface area contributed by atoms with Gasteiger partial charge in [0.2, 0.25) is 5.78 Å². The fourth-order valence-electron chi connectivity index (χ4n) is 4.14. The van der Waals surface area contributed by atoms with E-state index in [-0.39, 0.29) is 29.6 Å². The molecule has 36 heavy (non-hydrogen) atoms. The molecule has 0 aromatic heterocycles. The molecule has 3 aromatic rings. The van der Waals surface area contributed by atoms with Crippen LogP contribution in [0, 0.1) is 6.92 Å². The molecular formula is C27H21ClO8. The Hall–Kier alpha value is -4.01. The fraction of sp³-hybridized carbons (Fsp3) is 0.185. The standard InChI is InChI=1S/C27H21ClO8/c1-14-19(36-27(30)23-20(31-2)5-4-6-21(23)32-3)8-7-18-24(29)22(35-25(14)18)11-15-9-17(28)10-16-12-33-13-34-26(15)16/h4-11H,12-13H2,1-3H3/b22-11-. The van der Waals surface area contributed by atoms with Crippen molar-refractivity contribution >= 4 is 29.4 Å². The number of halogens is 1. The Morgan fingerprint density at radius 1 is 1.03 bits per heavy atom. The summed E-state index contributed by atoms with van der Waals surface area (Å²) >= 11 is 6.25. The Morgan fingerprint density at radius 2 is 1.78 bits per heavy atom. The maximum atomic E-state index is 13.1. The third-order valence-electron chi connectivity index (χ3n) is 5.86. The molecule has 184 valence electrons. The molecule has 2 aliphatic rings. The molecule has 0 unspecified atom stereocenters. The first-order valence-corrected chi connectivity index (χ1v) is 11.3. The van der Waals surface area contributed by atoms with Gasteiger partial charge in [0.25, 0.3) is 0 Å². The van der Waals surface area contributed by atoms with E-state index in [1.54, 1.807) is 55.5 Å². The first-order valence-electron chi connectivity index (χ1n) is 10.9. The third-order valence-corrected chi connectivity index (χ3v) is 6.08. The van der Waals surface area contributed by atoms with Crippen LogP contribution in [0.3, 0.4) is 0 Å². The summed E-state index contributed by atoms with van der Waals surface area (Å²) in [5, 5.41) is 0.481. The van der Waals surface area contributed by atoms with Crippen LogP contribution >= 0.6 is 11.6 Å². The van der Waals surface area contributed by atoms with E-state index in [9.17, 15) is 9.59 Å². The van der Waals surface area contributed by atoms with Crippen molar-refractivity contribution in [1.29, 1.82) is 0 Å². The molecule has 3 aromatic carbocycles. The average molecular weight is 509 g/mol. The summed E-state index contributed by atoms with van der Waals surface area (Å²) in [6.45, 7) is 2.16. The lowest BCUT2D eigenvalue weighted by Crippen LogP contribution is -2.12. The maximum absolute atomic E-state index is 13.1. The predicted octanol–water partition coefficient (Wildman–Crippen LogP) is 5.37. The highest BCUT2D eigenvalue weighted by Crippen LogP contribution is 2.41. The highest BCUT2D eigenvalue weighted by atomic mass is 35.5. The van der Waals surface area contributed by atoms with Crippen LogP contribution in [0.2, 0.25) is 5.02 Å². The van der Waals surface area contributed by atoms with E-state index in [2.05, 4.69) is 0 Å². The lowest BCUT2D eigenvalue weighted by atomic mass is 10.0. The van der Waals surface area contributed by atoms with Crippen molar-refractivity contribution in [3.63, 3.8) is 0 Å². The van der Waals surface area contributed by atoms with Crippen LogP contribution in [0.5, 0.6) is 28.7 Å². The number of hydrogen-bond donors (Lipinski definition) is 0. The molecule has 0 N–H and O–H groups in total. The van der Waals surface area contributed by atoms with Crippen molar-refractivity contribution in [3.8, 4) is 28.7 Å². The molecule has 0 atom stereocenters. The second-order valence-corrected chi connectivity index (χ2v) is 8.46. The summed E-state index contributed by atoms with van der Waals surface area (Å²) in [4.78, 5) is 26.1. The Balaban J connectivity index is 1.46. The normalized spacial score (nSPS) is 15.0. The fourth-order valence-corrected chi connectivity index (χ4v) is 4.39. The Morgan fingerprint density at radius 3 is 2.50 bits per heavy atom. The van der Waals surface area contributed by atoms with Gasteiger partial charge in [0, 0.05) is 21.7 Å². The number of fused-ring (bicyclic) bond motifs is 2. The molecule has 0 aliphatic carbocycles. The summed E-state index contributed by atoms with van der Waals surface area (Å²) in [6, 6.07) is 11.5. The minimum atomic E-state index is -0.669. The maximum Gasteiger partial charge on any atom is 0.351 e. The third kappa shape index (κ3) is 4.14. The summed E-state index contributed by atoms with van der Waals surface area (Å²) in [5.74, 6) is 0.880. The number of Topliss-reactive ketones (excluding diaryl/α,β-unsaturated/α-hetero) is 1. The molecule has 0 amide bonds. The number of carbonyl (C=O) groups is 2. The molecule has 2 aliphatic heterocycles. The van der Waals surface area contributed by atoms with E-state index in [1.165, 1.54) is 14.2 Å².